The normalized spacial score (nSPS) is 24.2. The first kappa shape index (κ1) is 19.5. The lowest BCUT2D eigenvalue weighted by molar-refractivity contribution is -0.140. The molecule has 0 bridgehead atoms. The number of aryl methyl sites for hydroxylation is 1. The molecule has 2 aromatic rings. The Morgan fingerprint density at radius 1 is 0.966 bits per heavy atom. The van der Waals surface area contributed by atoms with Crippen molar-refractivity contribution < 1.29 is 24.2 Å². The second-order valence-electron chi connectivity index (χ2n) is 8.54. The van der Waals surface area contributed by atoms with Gasteiger partial charge in [-0.1, -0.05) is 42.0 Å². The van der Waals surface area contributed by atoms with E-state index in [1.807, 2.05) is 45.0 Å². The van der Waals surface area contributed by atoms with Crippen LogP contribution in [0.4, 0.5) is 0 Å². The SMILES string of the molecule is Cc1ccc(C(C)(C)O[C@H]2CC(=O)C[C@H]3C(=O)c4cccc(O)c4C(=O)[C@H]23)cc1. The minimum absolute atomic E-state index is 0.0369. The number of hydrogen-bond donors (Lipinski definition) is 1. The molecule has 29 heavy (non-hydrogen) atoms. The zero-order valence-electron chi connectivity index (χ0n) is 16.8. The second-order valence-corrected chi connectivity index (χ2v) is 8.54. The van der Waals surface area contributed by atoms with Crippen molar-refractivity contribution in [2.75, 3.05) is 0 Å². The van der Waals surface area contributed by atoms with E-state index in [1.54, 1.807) is 6.07 Å². The monoisotopic (exact) mass is 392 g/mol. The molecule has 0 spiro atoms. The van der Waals surface area contributed by atoms with Crippen LogP contribution in [0, 0.1) is 18.8 Å². The van der Waals surface area contributed by atoms with Crippen LogP contribution in [0.15, 0.2) is 42.5 Å². The maximum absolute atomic E-state index is 13.3. The third kappa shape index (κ3) is 3.29. The number of carbonyl (C=O) groups excluding carboxylic acids is 3. The molecule has 5 nitrogen and oxygen atoms in total. The Morgan fingerprint density at radius 3 is 2.34 bits per heavy atom. The lowest BCUT2D eigenvalue weighted by atomic mass is 9.65. The second kappa shape index (κ2) is 6.92. The van der Waals surface area contributed by atoms with Crippen LogP contribution in [0.25, 0.3) is 0 Å². The topological polar surface area (TPSA) is 80.7 Å². The third-order valence-corrected chi connectivity index (χ3v) is 6.10. The number of hydrogen-bond acceptors (Lipinski definition) is 5. The van der Waals surface area contributed by atoms with Gasteiger partial charge in [0.2, 0.25) is 0 Å². The first-order valence-corrected chi connectivity index (χ1v) is 9.86. The average molecular weight is 392 g/mol. The summed E-state index contributed by atoms with van der Waals surface area (Å²) in [5.74, 6) is -2.38. The standard InChI is InChI=1S/C24H24O5/c1-13-7-9-14(10-8-13)24(2,3)29-19-12-15(25)11-17-21(19)23(28)20-16(22(17)27)5-4-6-18(20)26/h4-10,17,19,21,26H,11-12H2,1-3H3/t17-,19+,21+/m1/s1. The first-order valence-electron chi connectivity index (χ1n) is 9.86. The van der Waals surface area contributed by atoms with E-state index in [9.17, 15) is 19.5 Å². The van der Waals surface area contributed by atoms with Crippen LogP contribution in [0.5, 0.6) is 5.75 Å². The fourth-order valence-electron chi connectivity index (χ4n) is 4.56. The number of ether oxygens (including phenoxy) is 1. The van der Waals surface area contributed by atoms with E-state index in [0.29, 0.717) is 0 Å². The number of aromatic hydroxyl groups is 1. The van der Waals surface area contributed by atoms with Gasteiger partial charge in [-0.2, -0.15) is 0 Å². The summed E-state index contributed by atoms with van der Waals surface area (Å²) >= 11 is 0. The highest BCUT2D eigenvalue weighted by Crippen LogP contribution is 2.44. The molecule has 0 unspecified atom stereocenters. The van der Waals surface area contributed by atoms with Gasteiger partial charge in [-0.15, -0.1) is 0 Å². The molecule has 5 heteroatoms. The van der Waals surface area contributed by atoms with Crippen LogP contribution >= 0.6 is 0 Å². The van der Waals surface area contributed by atoms with Crippen molar-refractivity contribution in [1.29, 1.82) is 0 Å². The van der Waals surface area contributed by atoms with Gasteiger partial charge in [-0.05, 0) is 32.4 Å². The van der Waals surface area contributed by atoms with Crippen molar-refractivity contribution in [1.82, 2.24) is 0 Å². The summed E-state index contributed by atoms with van der Waals surface area (Å²) < 4.78 is 6.34. The maximum atomic E-state index is 13.3. The van der Waals surface area contributed by atoms with Gasteiger partial charge in [0.05, 0.1) is 23.2 Å². The largest absolute Gasteiger partial charge is 0.507 e. The van der Waals surface area contributed by atoms with Crippen molar-refractivity contribution >= 4 is 17.3 Å². The highest BCUT2D eigenvalue weighted by molar-refractivity contribution is 6.18. The molecule has 1 fully saturated rings. The predicted molar refractivity (Wildman–Crippen MR) is 107 cm³/mol. The summed E-state index contributed by atoms with van der Waals surface area (Å²) in [4.78, 5) is 38.8. The molecule has 150 valence electrons. The van der Waals surface area contributed by atoms with E-state index < -0.39 is 23.5 Å². The Labute approximate surface area is 169 Å². The van der Waals surface area contributed by atoms with Gasteiger partial charge in [0.25, 0.3) is 0 Å². The molecular weight excluding hydrogens is 368 g/mol. The number of phenolic OH excluding ortho intramolecular Hbond substituents is 1. The van der Waals surface area contributed by atoms with Crippen LogP contribution in [-0.4, -0.2) is 28.6 Å². The molecule has 0 aliphatic heterocycles. The fraction of sp³-hybridized carbons (Fsp3) is 0.375. The van der Waals surface area contributed by atoms with Gasteiger partial charge in [0.1, 0.15) is 11.5 Å². The number of rotatable bonds is 3. The highest BCUT2D eigenvalue weighted by atomic mass is 16.5. The van der Waals surface area contributed by atoms with Crippen LogP contribution < -0.4 is 0 Å². The molecule has 2 aliphatic rings. The summed E-state index contributed by atoms with van der Waals surface area (Å²) in [6, 6.07) is 12.4. The number of carbonyl (C=O) groups is 3. The maximum Gasteiger partial charge on any atom is 0.173 e. The number of ketones is 3. The number of fused-ring (bicyclic) bond motifs is 2. The summed E-state index contributed by atoms with van der Waals surface area (Å²) in [5.41, 5.74) is 1.55. The van der Waals surface area contributed by atoms with Crippen LogP contribution in [0.2, 0.25) is 0 Å². The summed E-state index contributed by atoms with van der Waals surface area (Å²) in [6.45, 7) is 5.79. The van der Waals surface area contributed by atoms with Gasteiger partial charge in [0.15, 0.2) is 11.6 Å². The van der Waals surface area contributed by atoms with E-state index >= 15 is 0 Å². The summed E-state index contributed by atoms with van der Waals surface area (Å²) in [5, 5.41) is 10.2. The molecular formula is C24H24O5. The van der Waals surface area contributed by atoms with Crippen LogP contribution in [0.3, 0.4) is 0 Å². The zero-order chi connectivity index (χ0) is 20.9. The smallest absolute Gasteiger partial charge is 0.173 e. The van der Waals surface area contributed by atoms with E-state index in [0.717, 1.165) is 11.1 Å². The summed E-state index contributed by atoms with van der Waals surface area (Å²) in [6.07, 6.45) is -0.602. The lowest BCUT2D eigenvalue weighted by Crippen LogP contribution is -2.50. The zero-order valence-corrected chi connectivity index (χ0v) is 16.8. The molecule has 0 heterocycles. The van der Waals surface area contributed by atoms with Crippen molar-refractivity contribution in [2.45, 2.75) is 45.3 Å². The van der Waals surface area contributed by atoms with Gasteiger partial charge in [0, 0.05) is 24.3 Å². The molecule has 0 radical (unpaired) electrons. The Hall–Kier alpha value is -2.79. The van der Waals surface area contributed by atoms with Crippen LogP contribution in [-0.2, 0) is 15.1 Å². The first-order chi connectivity index (χ1) is 13.7. The van der Waals surface area contributed by atoms with Crippen LogP contribution in [0.1, 0.15) is 58.5 Å². The summed E-state index contributed by atoms with van der Waals surface area (Å²) in [7, 11) is 0. The Bertz CT molecular complexity index is 1000. The third-order valence-electron chi connectivity index (χ3n) is 6.10. The Balaban J connectivity index is 1.72. The Kier molecular flexibility index (Phi) is 4.66. The lowest BCUT2D eigenvalue weighted by Gasteiger charge is -2.42. The van der Waals surface area contributed by atoms with Gasteiger partial charge >= 0.3 is 0 Å². The molecule has 1 N–H and O–H groups in total. The quantitative estimate of drug-likeness (QED) is 0.854. The van der Waals surface area contributed by atoms with Gasteiger partial charge in [-0.3, -0.25) is 14.4 Å². The van der Waals surface area contributed by atoms with E-state index in [-0.39, 0.29) is 47.1 Å². The van der Waals surface area contributed by atoms with Crippen molar-refractivity contribution in [3.8, 4) is 5.75 Å². The fourth-order valence-corrected chi connectivity index (χ4v) is 4.56. The molecule has 2 aromatic carbocycles. The molecule has 3 atom stereocenters. The van der Waals surface area contributed by atoms with E-state index in [2.05, 4.69) is 0 Å². The number of phenols is 1. The van der Waals surface area contributed by atoms with Gasteiger partial charge < -0.3 is 9.84 Å². The van der Waals surface area contributed by atoms with E-state index in [1.165, 1.54) is 12.1 Å². The molecule has 0 amide bonds. The Morgan fingerprint density at radius 2 is 1.66 bits per heavy atom. The van der Waals surface area contributed by atoms with Crippen molar-refractivity contribution in [3.05, 3.63) is 64.7 Å². The molecule has 0 aromatic heterocycles. The molecule has 0 saturated heterocycles. The molecule has 1 saturated carbocycles. The minimum atomic E-state index is -0.772. The van der Waals surface area contributed by atoms with Gasteiger partial charge in [-0.25, -0.2) is 0 Å². The number of Topliss-reactive ketones (excluding diaryl/α,β-unsaturated/α-hetero) is 3. The van der Waals surface area contributed by atoms with Crippen molar-refractivity contribution in [2.24, 2.45) is 11.8 Å². The van der Waals surface area contributed by atoms with E-state index in [4.69, 9.17) is 4.74 Å². The predicted octanol–water partition coefficient (Wildman–Crippen LogP) is 4.00. The highest BCUT2D eigenvalue weighted by Gasteiger charge is 2.51. The molecule has 2 aliphatic carbocycles. The minimum Gasteiger partial charge on any atom is -0.507 e. The average Bonchev–Trinajstić information content (AvgIpc) is 2.65. The molecule has 4 rings (SSSR count). The number of benzene rings is 2. The van der Waals surface area contributed by atoms with Crippen molar-refractivity contribution in [3.63, 3.8) is 0 Å².